The maximum absolute atomic E-state index is 12.4. The lowest BCUT2D eigenvalue weighted by molar-refractivity contribution is -0.131. The Labute approximate surface area is 138 Å². The summed E-state index contributed by atoms with van der Waals surface area (Å²) in [6.45, 7) is 8.07. The average Bonchev–Trinajstić information content (AvgIpc) is 3.05. The molecule has 0 spiro atoms. The average molecular weight is 339 g/mol. The second-order valence-corrected chi connectivity index (χ2v) is 7.32. The van der Waals surface area contributed by atoms with Crippen LogP contribution in [0.15, 0.2) is 22.7 Å². The van der Waals surface area contributed by atoms with Crippen LogP contribution in [-0.4, -0.2) is 43.5 Å². The van der Waals surface area contributed by atoms with Crippen molar-refractivity contribution in [1.29, 1.82) is 0 Å². The number of amides is 1. The quantitative estimate of drug-likeness (QED) is 0.646. The molecule has 0 fully saturated rings. The van der Waals surface area contributed by atoms with Crippen molar-refractivity contribution in [1.82, 2.24) is 19.8 Å². The fraction of sp³-hybridized carbons (Fsp3) is 0.500. The first kappa shape index (κ1) is 16.8. The lowest BCUT2D eigenvalue weighted by atomic mass is 10.2. The first-order valence-corrected chi connectivity index (χ1v) is 8.96. The lowest BCUT2D eigenvalue weighted by Crippen LogP contribution is -2.43. The number of thiophene rings is 1. The summed E-state index contributed by atoms with van der Waals surface area (Å²) in [5.74, 6) is 7.03. The number of rotatable bonds is 6. The van der Waals surface area contributed by atoms with Crippen LogP contribution in [0.3, 0.4) is 0 Å². The van der Waals surface area contributed by atoms with E-state index in [4.69, 9.17) is 5.84 Å². The minimum Gasteiger partial charge on any atom is -0.337 e. The van der Waals surface area contributed by atoms with Crippen LogP contribution in [0.2, 0.25) is 0 Å². The fourth-order valence-electron chi connectivity index (χ4n) is 2.32. The predicted molar refractivity (Wildman–Crippen MR) is 91.3 cm³/mol. The summed E-state index contributed by atoms with van der Waals surface area (Å²) in [5.41, 5.74) is 0. The number of nitrogens with two attached hydrogens (primary N) is 1. The van der Waals surface area contributed by atoms with E-state index in [0.717, 1.165) is 4.88 Å². The molecular weight excluding hydrogens is 318 g/mol. The van der Waals surface area contributed by atoms with Gasteiger partial charge in [-0.3, -0.25) is 4.79 Å². The van der Waals surface area contributed by atoms with Crippen LogP contribution in [0, 0.1) is 0 Å². The van der Waals surface area contributed by atoms with Crippen molar-refractivity contribution in [2.45, 2.75) is 44.9 Å². The molecule has 0 radical (unpaired) electrons. The highest BCUT2D eigenvalue weighted by molar-refractivity contribution is 7.99. The Bertz CT molecular complexity index is 613. The monoisotopic (exact) mass is 339 g/mol. The molecule has 2 N–H and O–H groups in total. The van der Waals surface area contributed by atoms with Crippen LogP contribution >= 0.6 is 23.1 Å². The van der Waals surface area contributed by atoms with Crippen LogP contribution < -0.4 is 5.84 Å². The molecule has 0 atom stereocenters. The van der Waals surface area contributed by atoms with Crippen molar-refractivity contribution in [3.63, 3.8) is 0 Å². The zero-order chi connectivity index (χ0) is 16.3. The molecule has 2 rings (SSSR count). The molecule has 2 aromatic heterocycles. The summed E-state index contributed by atoms with van der Waals surface area (Å²) in [5, 5.41) is 10.7. The van der Waals surface area contributed by atoms with Crippen molar-refractivity contribution in [3.8, 4) is 10.7 Å². The molecule has 2 aromatic rings. The molecule has 0 aliphatic heterocycles. The van der Waals surface area contributed by atoms with E-state index in [1.165, 1.54) is 16.4 Å². The van der Waals surface area contributed by atoms with Gasteiger partial charge in [-0.25, -0.2) is 4.68 Å². The van der Waals surface area contributed by atoms with Crippen LogP contribution in [-0.2, 0) is 4.79 Å². The molecule has 0 aliphatic carbocycles. The van der Waals surface area contributed by atoms with Gasteiger partial charge in [-0.05, 0) is 39.1 Å². The van der Waals surface area contributed by atoms with Gasteiger partial charge in [0.15, 0.2) is 5.82 Å². The number of hydrogen-bond acceptors (Lipinski definition) is 6. The van der Waals surface area contributed by atoms with Crippen LogP contribution in [0.1, 0.15) is 27.7 Å². The SMILES string of the molecule is CC(C)N(C(=O)CSc1nnc(-c2cccs2)n1N)C(C)C. The molecule has 2 heterocycles. The summed E-state index contributed by atoms with van der Waals surface area (Å²) in [6, 6.07) is 4.22. The van der Waals surface area contributed by atoms with E-state index in [1.807, 2.05) is 50.1 Å². The predicted octanol–water partition coefficient (Wildman–Crippen LogP) is 2.46. The van der Waals surface area contributed by atoms with Gasteiger partial charge in [-0.1, -0.05) is 17.8 Å². The van der Waals surface area contributed by atoms with Crippen molar-refractivity contribution in [3.05, 3.63) is 17.5 Å². The van der Waals surface area contributed by atoms with E-state index in [9.17, 15) is 4.79 Å². The molecule has 8 heteroatoms. The topological polar surface area (TPSA) is 77.0 Å². The number of nitrogen functional groups attached to an aromatic ring is 1. The molecule has 0 bridgehead atoms. The molecule has 6 nitrogen and oxygen atoms in total. The lowest BCUT2D eigenvalue weighted by Gasteiger charge is -2.30. The normalized spacial score (nSPS) is 11.4. The van der Waals surface area contributed by atoms with Gasteiger partial charge >= 0.3 is 0 Å². The number of carbonyl (C=O) groups is 1. The van der Waals surface area contributed by atoms with Crippen molar-refractivity contribution >= 4 is 29.0 Å². The van der Waals surface area contributed by atoms with E-state index >= 15 is 0 Å². The Balaban J connectivity index is 2.05. The molecule has 0 saturated carbocycles. The molecule has 120 valence electrons. The van der Waals surface area contributed by atoms with E-state index in [-0.39, 0.29) is 18.0 Å². The second-order valence-electron chi connectivity index (χ2n) is 5.43. The zero-order valence-electron chi connectivity index (χ0n) is 13.2. The van der Waals surface area contributed by atoms with E-state index < -0.39 is 0 Å². The largest absolute Gasteiger partial charge is 0.337 e. The second kappa shape index (κ2) is 7.15. The van der Waals surface area contributed by atoms with Gasteiger partial charge in [-0.2, -0.15) is 0 Å². The first-order chi connectivity index (χ1) is 10.4. The van der Waals surface area contributed by atoms with Gasteiger partial charge in [-0.15, -0.1) is 21.5 Å². The summed E-state index contributed by atoms with van der Waals surface area (Å²) in [6.07, 6.45) is 0. The number of thioether (sulfide) groups is 1. The molecule has 22 heavy (non-hydrogen) atoms. The first-order valence-electron chi connectivity index (χ1n) is 7.10. The van der Waals surface area contributed by atoms with Crippen LogP contribution in [0.4, 0.5) is 0 Å². The van der Waals surface area contributed by atoms with Crippen molar-refractivity contribution in [2.75, 3.05) is 11.6 Å². The van der Waals surface area contributed by atoms with Crippen LogP contribution in [0.5, 0.6) is 0 Å². The Hall–Kier alpha value is -1.54. The zero-order valence-corrected chi connectivity index (χ0v) is 14.8. The number of aromatic nitrogens is 3. The molecule has 1 amide bonds. The Morgan fingerprint density at radius 3 is 2.59 bits per heavy atom. The molecular formula is C14H21N5OS2. The number of nitrogens with zero attached hydrogens (tertiary/aromatic N) is 4. The summed E-state index contributed by atoms with van der Waals surface area (Å²) in [4.78, 5) is 15.2. The maximum Gasteiger partial charge on any atom is 0.233 e. The maximum atomic E-state index is 12.4. The van der Waals surface area contributed by atoms with E-state index in [2.05, 4.69) is 10.2 Å². The molecule has 0 saturated heterocycles. The third-order valence-corrected chi connectivity index (χ3v) is 4.93. The van der Waals surface area contributed by atoms with Crippen molar-refractivity contribution in [2.24, 2.45) is 0 Å². The Morgan fingerprint density at radius 2 is 2.05 bits per heavy atom. The van der Waals surface area contributed by atoms with E-state index in [1.54, 1.807) is 11.3 Å². The Kier molecular flexibility index (Phi) is 5.47. The third kappa shape index (κ3) is 3.61. The molecule has 0 aromatic carbocycles. The highest BCUT2D eigenvalue weighted by Gasteiger charge is 2.21. The third-order valence-electron chi connectivity index (χ3n) is 3.13. The fourth-order valence-corrected chi connectivity index (χ4v) is 3.75. The summed E-state index contributed by atoms with van der Waals surface area (Å²) >= 11 is 2.87. The van der Waals surface area contributed by atoms with Gasteiger partial charge in [0.1, 0.15) is 0 Å². The van der Waals surface area contributed by atoms with Crippen molar-refractivity contribution < 1.29 is 4.79 Å². The van der Waals surface area contributed by atoms with Gasteiger partial charge < -0.3 is 10.7 Å². The summed E-state index contributed by atoms with van der Waals surface area (Å²) in [7, 11) is 0. The van der Waals surface area contributed by atoms with Gasteiger partial charge in [0.25, 0.3) is 0 Å². The van der Waals surface area contributed by atoms with Gasteiger partial charge in [0, 0.05) is 12.1 Å². The Morgan fingerprint density at radius 1 is 1.36 bits per heavy atom. The highest BCUT2D eigenvalue weighted by Crippen LogP contribution is 2.25. The minimum absolute atomic E-state index is 0.0793. The smallest absolute Gasteiger partial charge is 0.233 e. The number of carbonyl (C=O) groups excluding carboxylic acids is 1. The summed E-state index contributed by atoms with van der Waals surface area (Å²) < 4.78 is 1.44. The number of hydrogen-bond donors (Lipinski definition) is 1. The highest BCUT2D eigenvalue weighted by atomic mass is 32.2. The van der Waals surface area contributed by atoms with E-state index in [0.29, 0.717) is 16.7 Å². The molecule has 0 unspecified atom stereocenters. The standard InChI is InChI=1S/C14H21N5OS2/c1-9(2)18(10(3)4)12(20)8-22-14-17-16-13(19(14)15)11-6-5-7-21-11/h5-7,9-10H,8,15H2,1-4H3. The molecule has 0 aliphatic rings. The van der Waals surface area contributed by atoms with Gasteiger partial charge in [0.05, 0.1) is 10.6 Å². The van der Waals surface area contributed by atoms with Gasteiger partial charge in [0.2, 0.25) is 11.1 Å². The minimum atomic E-state index is 0.0793. The van der Waals surface area contributed by atoms with Crippen LogP contribution in [0.25, 0.3) is 10.7 Å².